The fourth-order valence-electron chi connectivity index (χ4n) is 4.23. The highest BCUT2D eigenvalue weighted by Crippen LogP contribution is 2.20. The van der Waals surface area contributed by atoms with Crippen LogP contribution in [0.1, 0.15) is 61.3 Å². The van der Waals surface area contributed by atoms with E-state index in [1.54, 1.807) is 16.7 Å². The second-order valence-corrected chi connectivity index (χ2v) is 9.87. The van der Waals surface area contributed by atoms with Crippen molar-refractivity contribution in [2.24, 2.45) is 0 Å². The molecule has 2 amide bonds. The van der Waals surface area contributed by atoms with E-state index in [1.807, 2.05) is 37.3 Å². The normalized spacial score (nSPS) is 15.2. The number of benzene rings is 2. The van der Waals surface area contributed by atoms with Gasteiger partial charge >= 0.3 is 0 Å². The Morgan fingerprint density at radius 1 is 0.969 bits per heavy atom. The third kappa shape index (κ3) is 6.86. The molecule has 1 aliphatic rings. The third-order valence-electron chi connectivity index (χ3n) is 6.47. The maximum absolute atomic E-state index is 13.3. The van der Waals surface area contributed by atoms with E-state index in [2.05, 4.69) is 37.4 Å². The van der Waals surface area contributed by atoms with Gasteiger partial charge in [0.2, 0.25) is 11.8 Å². The number of thioether (sulfide) groups is 1. The molecule has 3 rings (SSSR count). The molecule has 0 aliphatic heterocycles. The van der Waals surface area contributed by atoms with Crippen molar-refractivity contribution in [2.45, 2.75) is 77.3 Å². The summed E-state index contributed by atoms with van der Waals surface area (Å²) in [6.45, 7) is 6.47. The predicted octanol–water partition coefficient (Wildman–Crippen LogP) is 5.40. The molecule has 0 heterocycles. The van der Waals surface area contributed by atoms with Gasteiger partial charge in [-0.3, -0.25) is 9.59 Å². The van der Waals surface area contributed by atoms with E-state index in [0.717, 1.165) is 29.7 Å². The molecule has 1 N–H and O–H groups in total. The Balaban J connectivity index is 1.67. The monoisotopic (exact) mass is 452 g/mol. The molecule has 172 valence electrons. The summed E-state index contributed by atoms with van der Waals surface area (Å²) in [4.78, 5) is 28.1. The molecule has 0 unspecified atom stereocenters. The molecular formula is C27H36N2O2S. The highest BCUT2D eigenvalue weighted by atomic mass is 32.2. The Bertz CT molecular complexity index is 908. The van der Waals surface area contributed by atoms with E-state index in [1.165, 1.54) is 30.4 Å². The fraction of sp³-hybridized carbons (Fsp3) is 0.481. The summed E-state index contributed by atoms with van der Waals surface area (Å²) in [7, 11) is 0. The van der Waals surface area contributed by atoms with Gasteiger partial charge in [0, 0.05) is 18.3 Å². The first-order chi connectivity index (χ1) is 15.5. The van der Waals surface area contributed by atoms with Gasteiger partial charge in [-0.25, -0.2) is 0 Å². The molecule has 5 heteroatoms. The zero-order valence-corrected chi connectivity index (χ0v) is 20.4. The molecule has 2 aromatic rings. The SMILES string of the molecule is Cc1ccccc1CSCC(=O)N(Cc1ccccc1C)[C@H](C)C(=O)NC1CCCCC1. The van der Waals surface area contributed by atoms with Crippen molar-refractivity contribution < 1.29 is 9.59 Å². The number of aryl methyl sites for hydroxylation is 2. The molecule has 1 atom stereocenters. The van der Waals surface area contributed by atoms with E-state index in [9.17, 15) is 9.59 Å². The molecule has 0 aromatic heterocycles. The maximum atomic E-state index is 13.3. The van der Waals surface area contributed by atoms with Crippen LogP contribution in [0.15, 0.2) is 48.5 Å². The van der Waals surface area contributed by atoms with E-state index in [4.69, 9.17) is 0 Å². The first-order valence-corrected chi connectivity index (χ1v) is 12.9. The van der Waals surface area contributed by atoms with Crippen LogP contribution in [0, 0.1) is 13.8 Å². The van der Waals surface area contributed by atoms with Gasteiger partial charge in [-0.1, -0.05) is 67.8 Å². The number of nitrogens with zero attached hydrogens (tertiary/aromatic N) is 1. The molecule has 0 radical (unpaired) electrons. The van der Waals surface area contributed by atoms with Crippen LogP contribution in [0.5, 0.6) is 0 Å². The minimum atomic E-state index is -0.497. The molecule has 1 fully saturated rings. The summed E-state index contributed by atoms with van der Waals surface area (Å²) in [6, 6.07) is 16.1. The van der Waals surface area contributed by atoms with Crippen LogP contribution >= 0.6 is 11.8 Å². The maximum Gasteiger partial charge on any atom is 0.242 e. The summed E-state index contributed by atoms with van der Waals surface area (Å²) in [6.07, 6.45) is 5.66. The largest absolute Gasteiger partial charge is 0.352 e. The van der Waals surface area contributed by atoms with Crippen LogP contribution in [0.25, 0.3) is 0 Å². The van der Waals surface area contributed by atoms with Gasteiger partial charge < -0.3 is 10.2 Å². The second-order valence-electron chi connectivity index (χ2n) is 8.89. The summed E-state index contributed by atoms with van der Waals surface area (Å²) in [5.74, 6) is 1.13. The second kappa shape index (κ2) is 12.1. The number of hydrogen-bond acceptors (Lipinski definition) is 3. The van der Waals surface area contributed by atoms with Crippen molar-refractivity contribution in [1.29, 1.82) is 0 Å². The topological polar surface area (TPSA) is 49.4 Å². The number of amides is 2. The van der Waals surface area contributed by atoms with Crippen molar-refractivity contribution >= 4 is 23.6 Å². The number of nitrogens with one attached hydrogen (secondary N) is 1. The average molecular weight is 453 g/mol. The standard InChI is InChI=1S/C27H36N2O2S/c1-20-11-7-9-13-23(20)17-29(22(3)27(31)28-25-15-5-4-6-16-25)26(30)19-32-18-24-14-10-8-12-21(24)2/h7-14,22,25H,4-6,15-19H2,1-3H3,(H,28,31)/t22-/m1/s1. The molecule has 0 bridgehead atoms. The Labute approximate surface area is 197 Å². The smallest absolute Gasteiger partial charge is 0.242 e. The molecule has 2 aromatic carbocycles. The third-order valence-corrected chi connectivity index (χ3v) is 7.43. The predicted molar refractivity (Wildman–Crippen MR) is 134 cm³/mol. The lowest BCUT2D eigenvalue weighted by molar-refractivity contribution is -0.139. The van der Waals surface area contributed by atoms with E-state index in [0.29, 0.717) is 12.3 Å². The lowest BCUT2D eigenvalue weighted by Crippen LogP contribution is -2.50. The van der Waals surface area contributed by atoms with Crippen LogP contribution < -0.4 is 5.32 Å². The van der Waals surface area contributed by atoms with Gasteiger partial charge in [-0.2, -0.15) is 0 Å². The molecule has 1 aliphatic carbocycles. The van der Waals surface area contributed by atoms with Crippen LogP contribution in [-0.4, -0.2) is 34.6 Å². The Hall–Kier alpha value is -2.27. The number of rotatable bonds is 9. The van der Waals surface area contributed by atoms with E-state index >= 15 is 0 Å². The van der Waals surface area contributed by atoms with E-state index < -0.39 is 6.04 Å². The summed E-state index contributed by atoms with van der Waals surface area (Å²) in [5, 5.41) is 3.20. The van der Waals surface area contributed by atoms with Crippen molar-refractivity contribution in [3.05, 3.63) is 70.8 Å². The van der Waals surface area contributed by atoms with Crippen molar-refractivity contribution in [3.8, 4) is 0 Å². The Morgan fingerprint density at radius 2 is 1.56 bits per heavy atom. The van der Waals surface area contributed by atoms with Crippen LogP contribution in [0.4, 0.5) is 0 Å². The summed E-state index contributed by atoms with van der Waals surface area (Å²) in [5.41, 5.74) is 4.71. The highest BCUT2D eigenvalue weighted by Gasteiger charge is 2.28. The van der Waals surface area contributed by atoms with Gasteiger partial charge in [0.1, 0.15) is 6.04 Å². The average Bonchev–Trinajstić information content (AvgIpc) is 2.80. The number of carbonyl (C=O) groups is 2. The summed E-state index contributed by atoms with van der Waals surface area (Å²) >= 11 is 1.61. The first kappa shape index (κ1) is 24.4. The van der Waals surface area contributed by atoms with Crippen molar-refractivity contribution in [3.63, 3.8) is 0 Å². The molecule has 0 saturated heterocycles. The van der Waals surface area contributed by atoms with Crippen molar-refractivity contribution in [1.82, 2.24) is 10.2 Å². The van der Waals surface area contributed by atoms with Gasteiger partial charge in [-0.15, -0.1) is 11.8 Å². The number of carbonyl (C=O) groups excluding carboxylic acids is 2. The van der Waals surface area contributed by atoms with Crippen LogP contribution in [0.3, 0.4) is 0 Å². The Kier molecular flexibility index (Phi) is 9.22. The van der Waals surface area contributed by atoms with Crippen LogP contribution in [-0.2, 0) is 21.9 Å². The van der Waals surface area contributed by atoms with Crippen molar-refractivity contribution in [2.75, 3.05) is 5.75 Å². The zero-order valence-electron chi connectivity index (χ0n) is 19.6. The van der Waals surface area contributed by atoms with Gasteiger partial charge in [-0.05, 0) is 55.9 Å². The highest BCUT2D eigenvalue weighted by molar-refractivity contribution is 7.99. The molecule has 1 saturated carbocycles. The lowest BCUT2D eigenvalue weighted by atomic mass is 9.95. The Morgan fingerprint density at radius 3 is 2.19 bits per heavy atom. The minimum absolute atomic E-state index is 0.0122. The molecular weight excluding hydrogens is 416 g/mol. The minimum Gasteiger partial charge on any atom is -0.352 e. The summed E-state index contributed by atoms with van der Waals surface area (Å²) < 4.78 is 0. The number of hydrogen-bond donors (Lipinski definition) is 1. The zero-order chi connectivity index (χ0) is 22.9. The molecule has 32 heavy (non-hydrogen) atoms. The van der Waals surface area contributed by atoms with Gasteiger partial charge in [0.05, 0.1) is 5.75 Å². The molecule has 0 spiro atoms. The van der Waals surface area contributed by atoms with Crippen LogP contribution in [0.2, 0.25) is 0 Å². The fourth-order valence-corrected chi connectivity index (χ4v) is 5.21. The van der Waals surface area contributed by atoms with Gasteiger partial charge in [0.25, 0.3) is 0 Å². The first-order valence-electron chi connectivity index (χ1n) is 11.7. The molecule has 4 nitrogen and oxygen atoms in total. The lowest BCUT2D eigenvalue weighted by Gasteiger charge is -2.31. The van der Waals surface area contributed by atoms with Gasteiger partial charge in [0.15, 0.2) is 0 Å². The quantitative estimate of drug-likeness (QED) is 0.554. The van der Waals surface area contributed by atoms with E-state index in [-0.39, 0.29) is 17.9 Å².